The van der Waals surface area contributed by atoms with Gasteiger partial charge in [0, 0.05) is 42.8 Å². The molecular formula is C18H19ClN6. The average Bonchev–Trinajstić information content (AvgIpc) is 3.09. The van der Waals surface area contributed by atoms with Gasteiger partial charge in [0.15, 0.2) is 11.6 Å². The molecule has 0 aliphatic carbocycles. The van der Waals surface area contributed by atoms with E-state index in [1.807, 2.05) is 48.0 Å². The maximum atomic E-state index is 6.04. The van der Waals surface area contributed by atoms with Crippen molar-refractivity contribution in [3.63, 3.8) is 0 Å². The van der Waals surface area contributed by atoms with Crippen LogP contribution in [0.4, 0.5) is 5.82 Å². The zero-order chi connectivity index (χ0) is 17.2. The molecule has 25 heavy (non-hydrogen) atoms. The average molecular weight is 355 g/mol. The van der Waals surface area contributed by atoms with Crippen LogP contribution in [0.15, 0.2) is 42.5 Å². The van der Waals surface area contributed by atoms with E-state index in [0.717, 1.165) is 48.9 Å². The first kappa shape index (κ1) is 16.1. The van der Waals surface area contributed by atoms with Crippen LogP contribution in [0.5, 0.6) is 0 Å². The summed E-state index contributed by atoms with van der Waals surface area (Å²) in [4.78, 5) is 2.29. The third-order valence-electron chi connectivity index (χ3n) is 4.28. The molecule has 128 valence electrons. The van der Waals surface area contributed by atoms with Crippen LogP contribution in [-0.4, -0.2) is 46.2 Å². The van der Waals surface area contributed by atoms with Crippen molar-refractivity contribution in [2.45, 2.75) is 6.92 Å². The number of aromatic nitrogens is 4. The number of hydrogen-bond acceptors (Lipinski definition) is 5. The summed E-state index contributed by atoms with van der Waals surface area (Å²) in [5.41, 5.74) is 2.90. The highest BCUT2D eigenvalue weighted by Gasteiger charge is 2.18. The molecule has 1 aromatic carbocycles. The quantitative estimate of drug-likeness (QED) is 0.783. The summed E-state index contributed by atoms with van der Waals surface area (Å²) >= 11 is 6.04. The Bertz CT molecular complexity index is 787. The fraction of sp³-hybridized carbons (Fsp3) is 0.278. The number of hydrogen-bond donors (Lipinski definition) is 1. The Balaban J connectivity index is 1.80. The van der Waals surface area contributed by atoms with Crippen molar-refractivity contribution in [2.24, 2.45) is 0 Å². The molecule has 0 unspecified atom stereocenters. The Labute approximate surface area is 151 Å². The Morgan fingerprint density at radius 1 is 0.960 bits per heavy atom. The van der Waals surface area contributed by atoms with E-state index in [-0.39, 0.29) is 0 Å². The van der Waals surface area contributed by atoms with Crippen molar-refractivity contribution in [1.29, 1.82) is 0 Å². The molecule has 7 heteroatoms. The van der Waals surface area contributed by atoms with E-state index in [2.05, 4.69) is 26.5 Å². The molecule has 2 aromatic heterocycles. The lowest BCUT2D eigenvalue weighted by atomic mass is 10.1. The van der Waals surface area contributed by atoms with Gasteiger partial charge in [0.25, 0.3) is 0 Å². The molecule has 1 N–H and O–H groups in total. The van der Waals surface area contributed by atoms with E-state index in [1.54, 1.807) is 0 Å². The third kappa shape index (κ3) is 3.36. The number of piperazine rings is 1. The zero-order valence-corrected chi connectivity index (χ0v) is 14.7. The minimum absolute atomic E-state index is 0.705. The van der Waals surface area contributed by atoms with Crippen LogP contribution >= 0.6 is 11.6 Å². The van der Waals surface area contributed by atoms with Crippen LogP contribution in [0.3, 0.4) is 0 Å². The molecule has 6 nitrogen and oxygen atoms in total. The molecule has 0 amide bonds. The summed E-state index contributed by atoms with van der Waals surface area (Å²) in [6.07, 6.45) is 0. The maximum absolute atomic E-state index is 6.04. The lowest BCUT2D eigenvalue weighted by Gasteiger charge is -2.27. The minimum Gasteiger partial charge on any atom is -0.353 e. The predicted octanol–water partition coefficient (Wildman–Crippen LogP) is 2.70. The highest BCUT2D eigenvalue weighted by atomic mass is 35.5. The number of rotatable bonds is 3. The van der Waals surface area contributed by atoms with Gasteiger partial charge in [-0.2, -0.15) is 5.10 Å². The smallest absolute Gasteiger partial charge is 0.176 e. The molecule has 0 saturated carbocycles. The van der Waals surface area contributed by atoms with E-state index in [0.29, 0.717) is 10.8 Å². The molecule has 0 atom stereocenters. The van der Waals surface area contributed by atoms with Gasteiger partial charge in [0.1, 0.15) is 0 Å². The molecule has 3 heterocycles. The molecule has 0 spiro atoms. The maximum Gasteiger partial charge on any atom is 0.176 e. The number of halogens is 1. The number of benzene rings is 1. The van der Waals surface area contributed by atoms with Gasteiger partial charge in [-0.1, -0.05) is 23.7 Å². The fourth-order valence-corrected chi connectivity index (χ4v) is 3.05. The summed E-state index contributed by atoms with van der Waals surface area (Å²) in [7, 11) is 0. The van der Waals surface area contributed by atoms with Crippen LogP contribution in [0.25, 0.3) is 17.1 Å². The lowest BCUT2D eigenvalue weighted by molar-refractivity contribution is 0.582. The first-order valence-corrected chi connectivity index (χ1v) is 8.71. The number of nitrogens with zero attached hydrogens (tertiary/aromatic N) is 5. The van der Waals surface area contributed by atoms with Crippen molar-refractivity contribution in [1.82, 2.24) is 25.3 Å². The van der Waals surface area contributed by atoms with Crippen molar-refractivity contribution in [3.8, 4) is 17.1 Å². The SMILES string of the molecule is Cc1ccc(-n2nc(N3CCNCC3)cc2-c2ccc(Cl)cc2)nn1. The molecule has 1 fully saturated rings. The highest BCUT2D eigenvalue weighted by Crippen LogP contribution is 2.28. The predicted molar refractivity (Wildman–Crippen MR) is 99.4 cm³/mol. The van der Waals surface area contributed by atoms with Gasteiger partial charge in [-0.05, 0) is 31.2 Å². The molecule has 4 rings (SSSR count). The van der Waals surface area contributed by atoms with E-state index >= 15 is 0 Å². The second kappa shape index (κ2) is 6.82. The molecular weight excluding hydrogens is 336 g/mol. The Morgan fingerprint density at radius 2 is 1.72 bits per heavy atom. The van der Waals surface area contributed by atoms with Crippen LogP contribution in [0.2, 0.25) is 5.02 Å². The summed E-state index contributed by atoms with van der Waals surface area (Å²) < 4.78 is 1.85. The highest BCUT2D eigenvalue weighted by molar-refractivity contribution is 6.30. The van der Waals surface area contributed by atoms with Gasteiger partial charge in [0.2, 0.25) is 0 Å². The second-order valence-electron chi connectivity index (χ2n) is 6.08. The van der Waals surface area contributed by atoms with Crippen molar-refractivity contribution < 1.29 is 0 Å². The van der Waals surface area contributed by atoms with Crippen molar-refractivity contribution in [3.05, 3.63) is 53.2 Å². The second-order valence-corrected chi connectivity index (χ2v) is 6.51. The number of nitrogens with one attached hydrogen (secondary N) is 1. The fourth-order valence-electron chi connectivity index (χ4n) is 2.92. The summed E-state index contributed by atoms with van der Waals surface area (Å²) in [6, 6.07) is 13.8. The monoisotopic (exact) mass is 354 g/mol. The molecule has 0 radical (unpaired) electrons. The molecule has 1 saturated heterocycles. The van der Waals surface area contributed by atoms with Crippen LogP contribution in [0.1, 0.15) is 5.69 Å². The van der Waals surface area contributed by atoms with Gasteiger partial charge in [-0.25, -0.2) is 4.68 Å². The molecule has 1 aliphatic rings. The topological polar surface area (TPSA) is 58.9 Å². The summed E-state index contributed by atoms with van der Waals surface area (Å²) in [5, 5.41) is 17.4. The first-order valence-electron chi connectivity index (χ1n) is 8.33. The normalized spacial score (nSPS) is 14.7. The zero-order valence-electron chi connectivity index (χ0n) is 14.0. The van der Waals surface area contributed by atoms with E-state index in [1.165, 1.54) is 0 Å². The summed E-state index contributed by atoms with van der Waals surface area (Å²) in [5.74, 6) is 1.66. The van der Waals surface area contributed by atoms with Gasteiger partial charge in [0.05, 0.1) is 11.4 Å². The van der Waals surface area contributed by atoms with Gasteiger partial charge < -0.3 is 10.2 Å². The largest absolute Gasteiger partial charge is 0.353 e. The molecule has 3 aromatic rings. The first-order chi connectivity index (χ1) is 12.2. The molecule has 1 aliphatic heterocycles. The summed E-state index contributed by atoms with van der Waals surface area (Å²) in [6.45, 7) is 5.74. The Kier molecular flexibility index (Phi) is 4.38. The van der Waals surface area contributed by atoms with E-state index < -0.39 is 0 Å². The molecule has 0 bridgehead atoms. The standard InChI is InChI=1S/C18H19ClN6/c1-13-2-7-17(22-21-13)25-16(14-3-5-15(19)6-4-14)12-18(23-25)24-10-8-20-9-11-24/h2-7,12,20H,8-11H2,1H3. The lowest BCUT2D eigenvalue weighted by Crippen LogP contribution is -2.43. The van der Waals surface area contributed by atoms with Crippen molar-refractivity contribution in [2.75, 3.05) is 31.1 Å². The van der Waals surface area contributed by atoms with E-state index in [9.17, 15) is 0 Å². The minimum atomic E-state index is 0.705. The number of anilines is 1. The van der Waals surface area contributed by atoms with Crippen LogP contribution in [-0.2, 0) is 0 Å². The van der Waals surface area contributed by atoms with E-state index in [4.69, 9.17) is 16.7 Å². The van der Waals surface area contributed by atoms with Gasteiger partial charge in [-0.15, -0.1) is 10.2 Å². The Hall–Kier alpha value is -2.44. The number of aryl methyl sites for hydroxylation is 1. The van der Waals surface area contributed by atoms with Gasteiger partial charge >= 0.3 is 0 Å². The van der Waals surface area contributed by atoms with Gasteiger partial charge in [-0.3, -0.25) is 0 Å². The third-order valence-corrected chi connectivity index (χ3v) is 4.53. The Morgan fingerprint density at radius 3 is 2.40 bits per heavy atom. The van der Waals surface area contributed by atoms with Crippen LogP contribution < -0.4 is 10.2 Å². The van der Waals surface area contributed by atoms with Crippen molar-refractivity contribution >= 4 is 17.4 Å². The van der Waals surface area contributed by atoms with Crippen LogP contribution in [0, 0.1) is 6.92 Å².